The van der Waals surface area contributed by atoms with Crippen LogP contribution in [0.4, 0.5) is 10.1 Å². The van der Waals surface area contributed by atoms with Crippen LogP contribution in [0, 0.1) is 5.82 Å². The van der Waals surface area contributed by atoms with E-state index in [1.54, 1.807) is 19.2 Å². The fraction of sp³-hybridized carbons (Fsp3) is 0.391. The number of benzene rings is 2. The summed E-state index contributed by atoms with van der Waals surface area (Å²) in [5.41, 5.74) is 2.18. The van der Waals surface area contributed by atoms with Crippen LogP contribution in [0.2, 0.25) is 0 Å². The summed E-state index contributed by atoms with van der Waals surface area (Å²) in [5.74, 6) is 0.859. The molecule has 0 heterocycles. The van der Waals surface area contributed by atoms with E-state index in [0.29, 0.717) is 37.0 Å². The molecule has 0 bridgehead atoms. The van der Waals surface area contributed by atoms with Gasteiger partial charge < -0.3 is 20.7 Å². The topological polar surface area (TPSA) is 74.8 Å². The normalized spacial score (nSPS) is 11.4. The number of methoxy groups -OCH3 is 1. The average Bonchev–Trinajstić information content (AvgIpc) is 2.70. The number of hydrogen-bond acceptors (Lipinski definition) is 3. The number of carbonyl (C=O) groups excluding carboxylic acids is 1. The van der Waals surface area contributed by atoms with E-state index in [0.717, 1.165) is 11.1 Å². The summed E-state index contributed by atoms with van der Waals surface area (Å²) >= 11 is 0. The molecule has 170 valence electrons. The number of nitrogens with zero attached hydrogens (tertiary/aromatic N) is 1. The zero-order valence-electron chi connectivity index (χ0n) is 18.7. The van der Waals surface area contributed by atoms with Gasteiger partial charge in [0.25, 0.3) is 0 Å². The lowest BCUT2D eigenvalue weighted by atomic mass is 9.84. The van der Waals surface area contributed by atoms with Crippen LogP contribution in [0.3, 0.4) is 0 Å². The molecule has 2 aromatic rings. The fourth-order valence-electron chi connectivity index (χ4n) is 2.97. The molecule has 0 fully saturated rings. The minimum absolute atomic E-state index is 0. The Morgan fingerprint density at radius 3 is 2.52 bits per heavy atom. The smallest absolute Gasteiger partial charge is 0.221 e. The van der Waals surface area contributed by atoms with Crippen molar-refractivity contribution in [3.63, 3.8) is 0 Å². The van der Waals surface area contributed by atoms with Gasteiger partial charge >= 0.3 is 0 Å². The molecule has 1 amide bonds. The van der Waals surface area contributed by atoms with Crippen LogP contribution in [-0.2, 0) is 16.8 Å². The first-order valence-corrected chi connectivity index (χ1v) is 9.98. The molecule has 2 aromatic carbocycles. The van der Waals surface area contributed by atoms with Crippen LogP contribution in [0.25, 0.3) is 0 Å². The summed E-state index contributed by atoms with van der Waals surface area (Å²) in [6, 6.07) is 12.2. The second kappa shape index (κ2) is 12.5. The Kier molecular flexibility index (Phi) is 10.7. The van der Waals surface area contributed by atoms with Crippen molar-refractivity contribution in [1.82, 2.24) is 10.6 Å². The van der Waals surface area contributed by atoms with Gasteiger partial charge in [-0.2, -0.15) is 0 Å². The van der Waals surface area contributed by atoms with E-state index in [2.05, 4.69) is 34.8 Å². The largest absolute Gasteiger partial charge is 0.495 e. The zero-order valence-corrected chi connectivity index (χ0v) is 21.0. The molecule has 0 aliphatic carbocycles. The number of halogens is 2. The van der Waals surface area contributed by atoms with Crippen LogP contribution >= 0.6 is 24.0 Å². The Hall–Kier alpha value is -2.36. The maximum absolute atomic E-state index is 13.6. The van der Waals surface area contributed by atoms with E-state index in [-0.39, 0.29) is 41.1 Å². The maximum atomic E-state index is 13.6. The van der Waals surface area contributed by atoms with Crippen molar-refractivity contribution in [1.29, 1.82) is 0 Å². The summed E-state index contributed by atoms with van der Waals surface area (Å²) in [6.45, 7) is 9.29. The Balaban J connectivity index is 0.00000480. The highest BCUT2D eigenvalue weighted by Gasteiger charge is 2.21. The highest BCUT2D eigenvalue weighted by atomic mass is 127. The molecular weight excluding hydrogens is 510 g/mol. The molecule has 0 saturated carbocycles. The number of carbonyl (C=O) groups is 1. The van der Waals surface area contributed by atoms with Crippen molar-refractivity contribution in [3.05, 3.63) is 59.4 Å². The molecule has 0 aliphatic rings. The predicted octanol–water partition coefficient (Wildman–Crippen LogP) is 4.44. The molecule has 2 rings (SSSR count). The van der Waals surface area contributed by atoms with Gasteiger partial charge in [-0.3, -0.25) is 4.79 Å². The monoisotopic (exact) mass is 542 g/mol. The third kappa shape index (κ3) is 8.35. The van der Waals surface area contributed by atoms with E-state index in [1.165, 1.54) is 13.0 Å². The quantitative estimate of drug-likeness (QED) is 0.262. The number of nitrogens with one attached hydrogen (secondary N) is 3. The third-order valence-electron chi connectivity index (χ3n) is 4.64. The fourth-order valence-corrected chi connectivity index (χ4v) is 2.97. The average molecular weight is 542 g/mol. The molecule has 31 heavy (non-hydrogen) atoms. The molecule has 8 heteroatoms. The van der Waals surface area contributed by atoms with Gasteiger partial charge in [-0.25, -0.2) is 9.38 Å². The number of hydrogen-bond donors (Lipinski definition) is 3. The lowest BCUT2D eigenvalue weighted by Crippen LogP contribution is -2.43. The highest BCUT2D eigenvalue weighted by Crippen LogP contribution is 2.26. The van der Waals surface area contributed by atoms with E-state index in [4.69, 9.17) is 4.74 Å². The Bertz CT molecular complexity index is 903. The van der Waals surface area contributed by atoms with Crippen molar-refractivity contribution in [2.75, 3.05) is 25.5 Å². The predicted molar refractivity (Wildman–Crippen MR) is 135 cm³/mol. The third-order valence-corrected chi connectivity index (χ3v) is 4.64. The van der Waals surface area contributed by atoms with Crippen LogP contribution in [0.5, 0.6) is 5.75 Å². The Morgan fingerprint density at radius 1 is 1.16 bits per heavy atom. The van der Waals surface area contributed by atoms with Crippen molar-refractivity contribution in [3.8, 4) is 5.75 Å². The van der Waals surface area contributed by atoms with Crippen molar-refractivity contribution >= 4 is 41.5 Å². The number of amides is 1. The molecule has 0 unspecified atom stereocenters. The minimum atomic E-state index is -0.281. The Morgan fingerprint density at radius 2 is 1.90 bits per heavy atom. The van der Waals surface area contributed by atoms with Gasteiger partial charge in [0.1, 0.15) is 11.6 Å². The first-order chi connectivity index (χ1) is 14.2. The lowest BCUT2D eigenvalue weighted by Gasteiger charge is -2.27. The van der Waals surface area contributed by atoms with Gasteiger partial charge in [0.15, 0.2) is 5.96 Å². The number of guanidine groups is 1. The molecule has 0 aliphatic heterocycles. The molecule has 0 aromatic heterocycles. The lowest BCUT2D eigenvalue weighted by molar-refractivity contribution is -0.114. The minimum Gasteiger partial charge on any atom is -0.495 e. The van der Waals surface area contributed by atoms with E-state index >= 15 is 0 Å². The van der Waals surface area contributed by atoms with Crippen molar-refractivity contribution < 1.29 is 13.9 Å². The number of ether oxygens (including phenoxy) is 1. The zero-order chi connectivity index (χ0) is 22.1. The molecular formula is C23H32FIN4O2. The molecule has 3 N–H and O–H groups in total. The second-order valence-corrected chi connectivity index (χ2v) is 7.66. The molecule has 0 spiro atoms. The van der Waals surface area contributed by atoms with Gasteiger partial charge in [-0.05, 0) is 42.3 Å². The van der Waals surface area contributed by atoms with Gasteiger partial charge in [0.2, 0.25) is 5.91 Å². The van der Waals surface area contributed by atoms with Crippen LogP contribution in [-0.4, -0.2) is 32.1 Å². The van der Waals surface area contributed by atoms with Gasteiger partial charge in [0.05, 0.1) is 19.3 Å². The van der Waals surface area contributed by atoms with E-state index < -0.39 is 0 Å². The van der Waals surface area contributed by atoms with Crippen LogP contribution in [0.15, 0.2) is 47.5 Å². The van der Waals surface area contributed by atoms with Gasteiger partial charge in [-0.15, -0.1) is 24.0 Å². The van der Waals surface area contributed by atoms with Crippen LogP contribution < -0.4 is 20.7 Å². The van der Waals surface area contributed by atoms with Gasteiger partial charge in [0, 0.05) is 25.4 Å². The SMILES string of the molecule is CCNC(=NCc1ccc(OC)c(NC(C)=O)c1)NCC(C)(C)c1cccc(F)c1.I. The molecule has 6 nitrogen and oxygen atoms in total. The van der Waals surface area contributed by atoms with E-state index in [1.807, 2.05) is 31.2 Å². The summed E-state index contributed by atoms with van der Waals surface area (Å²) in [5, 5.41) is 9.34. The van der Waals surface area contributed by atoms with Crippen molar-refractivity contribution in [2.24, 2.45) is 4.99 Å². The van der Waals surface area contributed by atoms with Gasteiger partial charge in [-0.1, -0.05) is 32.0 Å². The van der Waals surface area contributed by atoms with Crippen LogP contribution in [0.1, 0.15) is 38.8 Å². The summed E-state index contributed by atoms with van der Waals surface area (Å²) in [4.78, 5) is 16.1. The molecule has 0 radical (unpaired) electrons. The summed E-state index contributed by atoms with van der Waals surface area (Å²) < 4.78 is 18.9. The summed E-state index contributed by atoms with van der Waals surface area (Å²) in [7, 11) is 1.56. The number of rotatable bonds is 8. The number of aliphatic imine (C=N–C) groups is 1. The second-order valence-electron chi connectivity index (χ2n) is 7.66. The van der Waals surface area contributed by atoms with Crippen molar-refractivity contribution in [2.45, 2.75) is 39.7 Å². The maximum Gasteiger partial charge on any atom is 0.221 e. The molecule has 0 atom stereocenters. The first-order valence-electron chi connectivity index (χ1n) is 9.98. The highest BCUT2D eigenvalue weighted by molar-refractivity contribution is 14.0. The summed E-state index contributed by atoms with van der Waals surface area (Å²) in [6.07, 6.45) is 0. The number of anilines is 1. The Labute approximate surface area is 201 Å². The standard InChI is InChI=1S/C23H31FN4O2.HI/c1-6-25-22(27-15-23(3,4)18-8-7-9-19(24)13-18)26-14-17-10-11-21(30-5)20(12-17)28-16(2)29;/h7-13H,6,14-15H2,1-5H3,(H,28,29)(H2,25,26,27);1H. The first kappa shape index (κ1) is 26.7. The molecule has 0 saturated heterocycles. The van der Waals surface area contributed by atoms with E-state index in [9.17, 15) is 9.18 Å².